The zero-order valence-corrected chi connectivity index (χ0v) is 16.7. The molecule has 2 N–H and O–H groups in total. The highest BCUT2D eigenvalue weighted by atomic mass is 32.1. The molecule has 0 radical (unpaired) electrons. The van der Waals surface area contributed by atoms with Crippen LogP contribution < -0.4 is 10.6 Å². The molecule has 0 saturated heterocycles. The fourth-order valence-corrected chi connectivity index (χ4v) is 2.77. The van der Waals surface area contributed by atoms with Gasteiger partial charge in [-0.05, 0) is 37.9 Å². The molecule has 0 atom stereocenters. The molecule has 2 rings (SSSR count). The monoisotopic (exact) mass is 402 g/mol. The molecule has 2 aromatic heterocycles. The number of halogens is 3. The lowest BCUT2D eigenvalue weighted by Gasteiger charge is -2.04. The van der Waals surface area contributed by atoms with Gasteiger partial charge in [-0.3, -0.25) is 13.6 Å². The van der Waals surface area contributed by atoms with Crippen molar-refractivity contribution in [3.8, 4) is 10.6 Å². The molecule has 0 saturated carbocycles. The average Bonchev–Trinajstić information content (AvgIpc) is 3.30. The summed E-state index contributed by atoms with van der Waals surface area (Å²) < 4.78 is 33.5. The van der Waals surface area contributed by atoms with Crippen LogP contribution in [-0.2, 0) is 7.05 Å². The Morgan fingerprint density at radius 2 is 2.00 bits per heavy atom. The molecule has 0 aliphatic heterocycles. The Kier molecular flexibility index (Phi) is 12.3. The third-order valence-electron chi connectivity index (χ3n) is 3.16. The van der Waals surface area contributed by atoms with E-state index in [1.807, 2.05) is 13.1 Å². The van der Waals surface area contributed by atoms with Gasteiger partial charge in [-0.2, -0.15) is 9.49 Å². The Morgan fingerprint density at radius 1 is 1.33 bits per heavy atom. The van der Waals surface area contributed by atoms with Crippen LogP contribution in [0.15, 0.2) is 42.8 Å². The lowest BCUT2D eigenvalue weighted by atomic mass is 10.2. The first kappa shape index (κ1) is 24.5. The summed E-state index contributed by atoms with van der Waals surface area (Å²) in [6.07, 6.45) is 4.18. The Morgan fingerprint density at radius 3 is 2.56 bits per heavy atom. The van der Waals surface area contributed by atoms with E-state index >= 15 is 0 Å². The number of carbonyl (C=O) groups excluding carboxylic acids is 1. The van der Waals surface area contributed by atoms with E-state index in [4.69, 9.17) is 0 Å². The largest absolute Gasteiger partial charge is 0.368 e. The van der Waals surface area contributed by atoms with Gasteiger partial charge in [-0.15, -0.1) is 11.3 Å². The molecule has 0 spiro atoms. The van der Waals surface area contributed by atoms with Crippen molar-refractivity contribution in [2.45, 2.75) is 13.3 Å². The van der Waals surface area contributed by atoms with Gasteiger partial charge in [0.2, 0.25) is 5.95 Å². The maximum absolute atomic E-state index is 13.3. The highest BCUT2D eigenvalue weighted by Crippen LogP contribution is 2.27. The number of thiophene rings is 1. The van der Waals surface area contributed by atoms with Crippen LogP contribution >= 0.6 is 11.3 Å². The molecule has 2 aromatic rings. The van der Waals surface area contributed by atoms with Crippen LogP contribution in [0.4, 0.5) is 13.2 Å². The highest BCUT2D eigenvalue weighted by Gasteiger charge is 2.13. The molecule has 0 unspecified atom stereocenters. The van der Waals surface area contributed by atoms with Crippen LogP contribution in [0.25, 0.3) is 10.6 Å². The van der Waals surface area contributed by atoms with Crippen LogP contribution in [0.1, 0.15) is 23.0 Å². The van der Waals surface area contributed by atoms with Gasteiger partial charge in [0.1, 0.15) is 5.69 Å². The van der Waals surface area contributed by atoms with Crippen molar-refractivity contribution in [1.82, 2.24) is 20.4 Å². The summed E-state index contributed by atoms with van der Waals surface area (Å²) in [4.78, 5) is 13.5. The van der Waals surface area contributed by atoms with E-state index in [0.717, 1.165) is 16.9 Å². The Labute approximate surface area is 161 Å². The minimum Gasteiger partial charge on any atom is -0.368 e. The van der Waals surface area contributed by atoms with E-state index in [2.05, 4.69) is 22.3 Å². The molecular formula is C18H25F3N4OS. The van der Waals surface area contributed by atoms with Crippen molar-refractivity contribution >= 4 is 17.2 Å². The second-order valence-corrected chi connectivity index (χ2v) is 6.09. The average molecular weight is 402 g/mol. The fraction of sp³-hybridized carbons (Fsp3) is 0.333. The Bertz CT molecular complexity index is 721. The maximum Gasteiger partial charge on any atom is 0.261 e. The third-order valence-corrected chi connectivity index (χ3v) is 4.26. The Balaban J connectivity index is 0.00000158. The Hall–Kier alpha value is -2.55. The van der Waals surface area contributed by atoms with E-state index in [9.17, 15) is 18.0 Å². The number of hydrogen-bond acceptors (Lipinski definition) is 4. The summed E-state index contributed by atoms with van der Waals surface area (Å²) >= 11 is 1.29. The van der Waals surface area contributed by atoms with E-state index in [1.54, 1.807) is 18.3 Å². The van der Waals surface area contributed by atoms with Crippen molar-refractivity contribution < 1.29 is 18.0 Å². The van der Waals surface area contributed by atoms with Gasteiger partial charge < -0.3 is 10.6 Å². The molecule has 27 heavy (non-hydrogen) atoms. The van der Waals surface area contributed by atoms with Crippen LogP contribution in [0, 0.1) is 5.95 Å². The molecule has 1 amide bonds. The summed E-state index contributed by atoms with van der Waals surface area (Å²) in [6, 6.07) is 4.86. The molecule has 0 fully saturated rings. The molecule has 0 bridgehead atoms. The van der Waals surface area contributed by atoms with Gasteiger partial charge in [0.25, 0.3) is 5.91 Å². The maximum atomic E-state index is 13.3. The van der Waals surface area contributed by atoms with Crippen molar-refractivity contribution in [3.63, 3.8) is 0 Å². The normalized spacial score (nSPS) is 10.1. The number of amides is 1. The van der Waals surface area contributed by atoms with Gasteiger partial charge in [0.05, 0.1) is 24.1 Å². The second-order valence-electron chi connectivity index (χ2n) is 5.01. The predicted molar refractivity (Wildman–Crippen MR) is 105 cm³/mol. The smallest absolute Gasteiger partial charge is 0.261 e. The molecule has 2 heterocycles. The molecule has 9 heteroatoms. The van der Waals surface area contributed by atoms with Crippen molar-refractivity contribution in [3.05, 3.63) is 53.6 Å². The number of alkyl halides is 2. The SMILES string of the molecule is C=CN/C=C(\C)CCNC(=O)c1ccc(-c2cc(F)n(C)n2)s1.CF.CF. The van der Waals surface area contributed by atoms with E-state index in [1.165, 1.54) is 29.1 Å². The van der Waals surface area contributed by atoms with Crippen LogP contribution in [0.5, 0.6) is 0 Å². The van der Waals surface area contributed by atoms with Crippen LogP contribution in [0.2, 0.25) is 0 Å². The molecule has 0 aliphatic rings. The number of aryl methyl sites for hydroxylation is 1. The standard InChI is InChI=1S/C16H19FN4OS.2CH3F/c1-4-18-10-11(2)7-8-19-16(22)14-6-5-13(23-14)12-9-15(17)21(3)20-12;2*1-2/h4-6,9-10,18H,1,7-8H2,2-3H3,(H,19,22);2*1H3/b11-10+;;. The number of aromatic nitrogens is 2. The number of rotatable bonds is 7. The third kappa shape index (κ3) is 8.12. The van der Waals surface area contributed by atoms with E-state index in [-0.39, 0.29) is 5.91 Å². The van der Waals surface area contributed by atoms with Crippen LogP contribution in [-0.4, -0.2) is 36.6 Å². The van der Waals surface area contributed by atoms with Gasteiger partial charge >= 0.3 is 0 Å². The van der Waals surface area contributed by atoms with Gasteiger partial charge in [0, 0.05) is 19.7 Å². The topological polar surface area (TPSA) is 58.9 Å². The number of carbonyl (C=O) groups is 1. The van der Waals surface area contributed by atoms with Gasteiger partial charge in [0.15, 0.2) is 0 Å². The molecule has 0 aliphatic carbocycles. The summed E-state index contributed by atoms with van der Waals surface area (Å²) in [5, 5.41) is 9.83. The molecule has 5 nitrogen and oxygen atoms in total. The van der Waals surface area contributed by atoms with Gasteiger partial charge in [-0.25, -0.2) is 4.68 Å². The lowest BCUT2D eigenvalue weighted by molar-refractivity contribution is 0.0958. The number of nitrogens with one attached hydrogen (secondary N) is 2. The number of nitrogens with zero attached hydrogens (tertiary/aromatic N) is 2. The quantitative estimate of drug-likeness (QED) is 0.729. The minimum absolute atomic E-state index is 0.137. The fourth-order valence-electron chi connectivity index (χ4n) is 1.90. The van der Waals surface area contributed by atoms with E-state index < -0.39 is 5.95 Å². The summed E-state index contributed by atoms with van der Waals surface area (Å²) in [6.45, 7) is 6.08. The summed E-state index contributed by atoms with van der Waals surface area (Å²) in [5.41, 5.74) is 1.64. The minimum atomic E-state index is -0.408. The van der Waals surface area contributed by atoms with Crippen molar-refractivity contribution in [1.29, 1.82) is 0 Å². The second kappa shape index (κ2) is 13.6. The van der Waals surface area contributed by atoms with Crippen LogP contribution in [0.3, 0.4) is 0 Å². The predicted octanol–water partition coefficient (Wildman–Crippen LogP) is 4.22. The highest BCUT2D eigenvalue weighted by molar-refractivity contribution is 7.17. The van der Waals surface area contributed by atoms with Crippen molar-refractivity contribution in [2.75, 3.05) is 20.9 Å². The first-order valence-corrected chi connectivity index (χ1v) is 8.69. The van der Waals surface area contributed by atoms with Crippen molar-refractivity contribution in [2.24, 2.45) is 7.05 Å². The summed E-state index contributed by atoms with van der Waals surface area (Å²) in [5.74, 6) is -0.545. The summed E-state index contributed by atoms with van der Waals surface area (Å²) in [7, 11) is 2.54. The number of hydrogen-bond donors (Lipinski definition) is 2. The van der Waals surface area contributed by atoms with E-state index in [0.29, 0.717) is 31.5 Å². The first-order valence-electron chi connectivity index (χ1n) is 7.87. The zero-order chi connectivity index (χ0) is 20.8. The molecule has 150 valence electrons. The lowest BCUT2D eigenvalue weighted by Crippen LogP contribution is -2.23. The molecule has 0 aromatic carbocycles. The van der Waals surface area contributed by atoms with Gasteiger partial charge in [-0.1, -0.05) is 12.2 Å². The first-order chi connectivity index (χ1) is 13.0. The molecular weight excluding hydrogens is 377 g/mol. The zero-order valence-electron chi connectivity index (χ0n) is 15.9.